The molecule has 1 amide bonds. The Balaban J connectivity index is 1.39. The summed E-state index contributed by atoms with van der Waals surface area (Å²) in [6.07, 6.45) is 8.68. The lowest BCUT2D eigenvalue weighted by atomic mass is 9.68. The zero-order valence-corrected chi connectivity index (χ0v) is 20.9. The summed E-state index contributed by atoms with van der Waals surface area (Å²) in [7, 11) is 1.67. The minimum Gasteiger partial charge on any atom is -0.497 e. The molecule has 1 saturated heterocycles. The van der Waals surface area contributed by atoms with Gasteiger partial charge in [0, 0.05) is 79.0 Å². The molecule has 0 bridgehead atoms. The van der Waals surface area contributed by atoms with Gasteiger partial charge in [-0.1, -0.05) is 6.07 Å². The number of ether oxygens (including phenoxy) is 1. The van der Waals surface area contributed by atoms with Gasteiger partial charge in [-0.3, -0.25) is 19.7 Å². The number of methoxy groups -OCH3 is 1. The molecule has 1 atom stereocenters. The van der Waals surface area contributed by atoms with Crippen molar-refractivity contribution in [2.45, 2.75) is 30.8 Å². The molecule has 2 N–H and O–H groups in total. The predicted octanol–water partition coefficient (Wildman–Crippen LogP) is 3.69. The number of likely N-dealkylation sites (tertiary alicyclic amines) is 1. The van der Waals surface area contributed by atoms with Crippen LogP contribution in [0.4, 0.5) is 0 Å². The second-order valence-corrected chi connectivity index (χ2v) is 10.1. The fraction of sp³-hybridized carbons (Fsp3) is 0.345. The van der Waals surface area contributed by atoms with Crippen LogP contribution in [-0.2, 0) is 12.0 Å². The number of H-pyrrole nitrogens is 1. The van der Waals surface area contributed by atoms with Gasteiger partial charge in [-0.15, -0.1) is 0 Å². The van der Waals surface area contributed by atoms with Crippen LogP contribution in [0.3, 0.4) is 0 Å². The summed E-state index contributed by atoms with van der Waals surface area (Å²) in [6, 6.07) is 13.7. The second-order valence-electron chi connectivity index (χ2n) is 10.1. The molecule has 190 valence electrons. The summed E-state index contributed by atoms with van der Waals surface area (Å²) >= 11 is 0. The van der Waals surface area contributed by atoms with Gasteiger partial charge in [0.05, 0.1) is 25.3 Å². The summed E-state index contributed by atoms with van der Waals surface area (Å²) in [6.45, 7) is 2.84. The molecule has 8 heteroatoms. The van der Waals surface area contributed by atoms with E-state index in [1.54, 1.807) is 31.8 Å². The number of fused-ring (bicyclic) bond motifs is 4. The zero-order chi connectivity index (χ0) is 25.4. The average molecular weight is 498 g/mol. The van der Waals surface area contributed by atoms with Crippen LogP contribution in [0.25, 0.3) is 10.9 Å². The summed E-state index contributed by atoms with van der Waals surface area (Å²) in [4.78, 5) is 29.6. The number of aliphatic hydroxyl groups excluding tert-OH is 1. The first kappa shape index (κ1) is 23.6. The van der Waals surface area contributed by atoms with Crippen LogP contribution in [0.5, 0.6) is 5.75 Å². The lowest BCUT2D eigenvalue weighted by Crippen LogP contribution is -2.54. The van der Waals surface area contributed by atoms with E-state index in [1.807, 2.05) is 35.4 Å². The molecule has 1 spiro atoms. The van der Waals surface area contributed by atoms with Crippen LogP contribution >= 0.6 is 0 Å². The van der Waals surface area contributed by atoms with Gasteiger partial charge >= 0.3 is 0 Å². The number of benzene rings is 1. The number of amides is 1. The molecule has 6 rings (SSSR count). The lowest BCUT2D eigenvalue weighted by molar-refractivity contribution is 0.0386. The van der Waals surface area contributed by atoms with Gasteiger partial charge in [-0.2, -0.15) is 0 Å². The molecule has 0 unspecified atom stereocenters. The smallest absolute Gasteiger partial charge is 0.255 e. The maximum absolute atomic E-state index is 13.2. The third-order valence-electron chi connectivity index (χ3n) is 8.04. The highest BCUT2D eigenvalue weighted by atomic mass is 16.5. The van der Waals surface area contributed by atoms with Crippen molar-refractivity contribution in [3.05, 3.63) is 89.6 Å². The molecule has 5 heterocycles. The molecule has 4 aromatic rings. The monoisotopic (exact) mass is 497 g/mol. The molecule has 3 aromatic heterocycles. The van der Waals surface area contributed by atoms with Gasteiger partial charge in [0.15, 0.2) is 0 Å². The lowest BCUT2D eigenvalue weighted by Gasteiger charge is -2.50. The summed E-state index contributed by atoms with van der Waals surface area (Å²) < 4.78 is 5.49. The number of nitrogens with zero attached hydrogens (tertiary/aromatic N) is 4. The van der Waals surface area contributed by atoms with Crippen molar-refractivity contribution in [3.8, 4) is 5.75 Å². The number of rotatable bonds is 5. The number of aliphatic hydroxyl groups is 1. The Kier molecular flexibility index (Phi) is 6.14. The third kappa shape index (κ3) is 4.16. The Bertz CT molecular complexity index is 1400. The standard InChI is InChI=1S/C29H31N5O3/c1-37-22-6-7-23-24(14-22)32-27-25(18-35)34(17-20-4-2-10-30-15-20)19-29(26(23)27)8-12-33(13-9-29)28(36)21-5-3-11-31-16-21/h2-7,10-11,14-16,25,32,35H,8-9,12-13,17-19H2,1H3/t25-/m1/s1. The number of hydrogen-bond acceptors (Lipinski definition) is 6. The fourth-order valence-electron chi connectivity index (χ4n) is 6.22. The minimum atomic E-state index is -0.158. The van der Waals surface area contributed by atoms with Crippen molar-refractivity contribution in [1.29, 1.82) is 0 Å². The van der Waals surface area contributed by atoms with E-state index >= 15 is 0 Å². The minimum absolute atomic E-state index is 0.0128. The Labute approximate surface area is 215 Å². The van der Waals surface area contributed by atoms with E-state index in [4.69, 9.17) is 4.74 Å². The van der Waals surface area contributed by atoms with E-state index in [1.165, 1.54) is 10.9 Å². The highest BCUT2D eigenvalue weighted by Crippen LogP contribution is 2.49. The number of piperidine rings is 1. The van der Waals surface area contributed by atoms with Crippen LogP contribution in [0.2, 0.25) is 0 Å². The van der Waals surface area contributed by atoms with Gasteiger partial charge in [-0.05, 0) is 54.3 Å². The number of aromatic amines is 1. The van der Waals surface area contributed by atoms with Crippen LogP contribution in [0.1, 0.15) is 46.1 Å². The first-order valence-electron chi connectivity index (χ1n) is 12.7. The van der Waals surface area contributed by atoms with E-state index in [9.17, 15) is 9.90 Å². The third-order valence-corrected chi connectivity index (χ3v) is 8.04. The highest BCUT2D eigenvalue weighted by Gasteiger charge is 2.47. The number of carbonyl (C=O) groups excluding carboxylic acids is 1. The predicted molar refractivity (Wildman–Crippen MR) is 140 cm³/mol. The van der Waals surface area contributed by atoms with Crippen molar-refractivity contribution in [2.75, 3.05) is 33.4 Å². The van der Waals surface area contributed by atoms with E-state index in [0.717, 1.165) is 41.9 Å². The average Bonchev–Trinajstić information content (AvgIpc) is 3.34. The topological polar surface area (TPSA) is 94.6 Å². The molecule has 0 aliphatic carbocycles. The first-order chi connectivity index (χ1) is 18.1. The van der Waals surface area contributed by atoms with Crippen LogP contribution in [0.15, 0.2) is 67.3 Å². The Hall–Kier alpha value is -3.75. The molecule has 8 nitrogen and oxygen atoms in total. The Morgan fingerprint density at radius 2 is 1.92 bits per heavy atom. The van der Waals surface area contributed by atoms with Crippen LogP contribution in [0, 0.1) is 0 Å². The van der Waals surface area contributed by atoms with Crippen molar-refractivity contribution >= 4 is 16.8 Å². The van der Waals surface area contributed by atoms with E-state index < -0.39 is 0 Å². The van der Waals surface area contributed by atoms with Crippen molar-refractivity contribution in [2.24, 2.45) is 0 Å². The van der Waals surface area contributed by atoms with Crippen molar-refractivity contribution < 1.29 is 14.6 Å². The second kappa shape index (κ2) is 9.61. The van der Waals surface area contributed by atoms with Crippen molar-refractivity contribution in [3.63, 3.8) is 0 Å². The molecule has 37 heavy (non-hydrogen) atoms. The van der Waals surface area contributed by atoms with E-state index in [2.05, 4.69) is 32.0 Å². The zero-order valence-electron chi connectivity index (χ0n) is 20.9. The molecule has 0 saturated carbocycles. The normalized spacial score (nSPS) is 19.2. The van der Waals surface area contributed by atoms with E-state index in [-0.39, 0.29) is 24.0 Å². The molecule has 1 fully saturated rings. The van der Waals surface area contributed by atoms with Gasteiger partial charge in [0.1, 0.15) is 5.75 Å². The first-order valence-corrected chi connectivity index (χ1v) is 12.7. The fourth-order valence-corrected chi connectivity index (χ4v) is 6.22. The summed E-state index contributed by atoms with van der Waals surface area (Å²) in [5, 5.41) is 11.7. The van der Waals surface area contributed by atoms with Crippen molar-refractivity contribution in [1.82, 2.24) is 24.8 Å². The number of pyridine rings is 2. The SMILES string of the molecule is COc1ccc2c3c([nH]c2c1)[C@@H](CO)N(Cc1cccnc1)CC31CCN(C(=O)c2cccnc2)CC1. The van der Waals surface area contributed by atoms with Crippen LogP contribution in [-0.4, -0.2) is 69.1 Å². The maximum atomic E-state index is 13.2. The number of carbonyl (C=O) groups is 1. The Morgan fingerprint density at radius 1 is 1.14 bits per heavy atom. The number of aromatic nitrogens is 3. The molecular weight excluding hydrogens is 466 g/mol. The Morgan fingerprint density at radius 3 is 2.59 bits per heavy atom. The molecule has 0 radical (unpaired) electrons. The van der Waals surface area contributed by atoms with E-state index in [0.29, 0.717) is 25.2 Å². The quantitative estimate of drug-likeness (QED) is 0.437. The van der Waals surface area contributed by atoms with Gasteiger partial charge in [0.2, 0.25) is 0 Å². The van der Waals surface area contributed by atoms with Gasteiger partial charge < -0.3 is 19.7 Å². The van der Waals surface area contributed by atoms with Crippen LogP contribution < -0.4 is 4.74 Å². The number of hydrogen-bond donors (Lipinski definition) is 2. The highest BCUT2D eigenvalue weighted by molar-refractivity contribution is 5.94. The maximum Gasteiger partial charge on any atom is 0.255 e. The molecule has 2 aliphatic rings. The number of nitrogens with one attached hydrogen (secondary N) is 1. The van der Waals surface area contributed by atoms with Gasteiger partial charge in [-0.25, -0.2) is 0 Å². The van der Waals surface area contributed by atoms with Gasteiger partial charge in [0.25, 0.3) is 5.91 Å². The molecular formula is C29H31N5O3. The molecule has 2 aliphatic heterocycles. The summed E-state index contributed by atoms with van der Waals surface area (Å²) in [5.41, 5.74) is 4.94. The summed E-state index contributed by atoms with van der Waals surface area (Å²) in [5.74, 6) is 0.827. The molecule has 1 aromatic carbocycles. The largest absolute Gasteiger partial charge is 0.497 e.